The smallest absolute Gasteiger partial charge is 0.217 e. The van der Waals surface area contributed by atoms with E-state index in [0.717, 1.165) is 5.56 Å². The number of thioether (sulfide) groups is 1. The average Bonchev–Trinajstić information content (AvgIpc) is 2.42. The van der Waals surface area contributed by atoms with Crippen LogP contribution in [0.15, 0.2) is 29.2 Å². The van der Waals surface area contributed by atoms with Gasteiger partial charge < -0.3 is 15.2 Å². The molecule has 0 saturated carbocycles. The van der Waals surface area contributed by atoms with Crippen LogP contribution in [-0.4, -0.2) is 36.5 Å². The van der Waals surface area contributed by atoms with Gasteiger partial charge in [-0.15, -0.1) is 11.8 Å². The number of hydrogen-bond donors (Lipinski definition) is 2. The summed E-state index contributed by atoms with van der Waals surface area (Å²) in [5, 5.41) is 12.2. The maximum atomic E-state index is 11.2. The number of carbonyl (C=O) groups excluding carboxylic acids is 1. The molecular weight excluding hydrogens is 262 g/mol. The van der Waals surface area contributed by atoms with Gasteiger partial charge in [-0.3, -0.25) is 4.79 Å². The summed E-state index contributed by atoms with van der Waals surface area (Å²) in [4.78, 5) is 12.3. The number of nitrogens with one attached hydrogen (secondary N) is 1. The van der Waals surface area contributed by atoms with E-state index in [1.54, 1.807) is 11.8 Å². The number of hydrogen-bond acceptors (Lipinski definition) is 4. The van der Waals surface area contributed by atoms with Crippen LogP contribution in [0.3, 0.4) is 0 Å². The van der Waals surface area contributed by atoms with Gasteiger partial charge in [-0.25, -0.2) is 0 Å². The SMILES string of the molecule is CCO[C@@H](c1ccc(SC)cc1)[C@@H](CO)NC(C)=O. The fourth-order valence-corrected chi connectivity index (χ4v) is 2.30. The van der Waals surface area contributed by atoms with Gasteiger partial charge in [-0.1, -0.05) is 12.1 Å². The number of amides is 1. The molecule has 1 aromatic rings. The Labute approximate surface area is 118 Å². The van der Waals surface area contributed by atoms with Gasteiger partial charge >= 0.3 is 0 Å². The van der Waals surface area contributed by atoms with Crippen molar-refractivity contribution in [2.45, 2.75) is 30.9 Å². The minimum Gasteiger partial charge on any atom is -0.394 e. The van der Waals surface area contributed by atoms with Crippen molar-refractivity contribution in [3.63, 3.8) is 0 Å². The Bertz CT molecular complexity index is 394. The van der Waals surface area contributed by atoms with Gasteiger partial charge in [0.2, 0.25) is 5.91 Å². The lowest BCUT2D eigenvalue weighted by molar-refractivity contribution is -0.121. The van der Waals surface area contributed by atoms with E-state index >= 15 is 0 Å². The molecule has 1 rings (SSSR count). The molecule has 0 unspecified atom stereocenters. The van der Waals surface area contributed by atoms with Crippen LogP contribution in [0.2, 0.25) is 0 Å². The van der Waals surface area contributed by atoms with E-state index in [4.69, 9.17) is 4.74 Å². The molecule has 1 amide bonds. The van der Waals surface area contributed by atoms with Gasteiger partial charge in [0.05, 0.1) is 12.6 Å². The predicted molar refractivity (Wildman–Crippen MR) is 77.3 cm³/mol. The Balaban J connectivity index is 2.92. The van der Waals surface area contributed by atoms with E-state index in [1.165, 1.54) is 11.8 Å². The van der Waals surface area contributed by atoms with E-state index < -0.39 is 6.04 Å². The minimum atomic E-state index is -0.433. The molecule has 0 saturated heterocycles. The van der Waals surface area contributed by atoms with E-state index in [9.17, 15) is 9.90 Å². The molecule has 0 spiro atoms. The molecule has 2 N–H and O–H groups in total. The van der Waals surface area contributed by atoms with Crippen molar-refractivity contribution in [1.82, 2.24) is 5.32 Å². The summed E-state index contributed by atoms with van der Waals surface area (Å²) >= 11 is 1.67. The molecule has 0 aromatic heterocycles. The van der Waals surface area contributed by atoms with Crippen LogP contribution >= 0.6 is 11.8 Å². The zero-order chi connectivity index (χ0) is 14.3. The zero-order valence-electron chi connectivity index (χ0n) is 11.6. The normalized spacial score (nSPS) is 13.9. The number of ether oxygens (including phenoxy) is 1. The van der Waals surface area contributed by atoms with Crippen LogP contribution in [0.1, 0.15) is 25.5 Å². The molecule has 0 heterocycles. The Morgan fingerprint density at radius 3 is 2.47 bits per heavy atom. The summed E-state index contributed by atoms with van der Waals surface area (Å²) < 4.78 is 5.67. The fraction of sp³-hybridized carbons (Fsp3) is 0.500. The van der Waals surface area contributed by atoms with Crippen molar-refractivity contribution in [1.29, 1.82) is 0 Å². The largest absolute Gasteiger partial charge is 0.394 e. The lowest BCUT2D eigenvalue weighted by Gasteiger charge is -2.26. The molecule has 0 aliphatic rings. The molecule has 4 nitrogen and oxygen atoms in total. The Morgan fingerprint density at radius 1 is 1.42 bits per heavy atom. The van der Waals surface area contributed by atoms with Crippen molar-refractivity contribution >= 4 is 17.7 Å². The Morgan fingerprint density at radius 2 is 2.05 bits per heavy atom. The predicted octanol–water partition coefficient (Wildman–Crippen LogP) is 1.98. The lowest BCUT2D eigenvalue weighted by atomic mass is 10.0. The van der Waals surface area contributed by atoms with E-state index in [1.807, 2.05) is 37.4 Å². The second-order valence-electron chi connectivity index (χ2n) is 4.14. The standard InChI is InChI=1S/C14H21NO3S/c1-4-18-14(13(9-16)15-10(2)17)11-5-7-12(19-3)8-6-11/h5-8,13-14,16H,4,9H2,1-3H3,(H,15,17)/t13-,14+/m1/s1. The maximum absolute atomic E-state index is 11.2. The summed E-state index contributed by atoms with van der Waals surface area (Å²) in [6, 6.07) is 7.52. The number of carbonyl (C=O) groups is 1. The molecule has 106 valence electrons. The lowest BCUT2D eigenvalue weighted by Crippen LogP contribution is -2.41. The number of benzene rings is 1. The highest BCUT2D eigenvalue weighted by molar-refractivity contribution is 7.98. The summed E-state index contributed by atoms with van der Waals surface area (Å²) in [6.07, 6.45) is 1.68. The van der Waals surface area contributed by atoms with Gasteiger partial charge in [0.1, 0.15) is 6.10 Å². The summed E-state index contributed by atoms with van der Waals surface area (Å²) in [6.45, 7) is 3.69. The molecule has 2 atom stereocenters. The molecule has 0 radical (unpaired) electrons. The van der Waals surface area contributed by atoms with Gasteiger partial charge in [-0.05, 0) is 30.9 Å². The molecule has 0 aliphatic heterocycles. The average molecular weight is 283 g/mol. The molecule has 19 heavy (non-hydrogen) atoms. The third-order valence-corrected chi connectivity index (χ3v) is 3.48. The van der Waals surface area contributed by atoms with Crippen LogP contribution in [-0.2, 0) is 9.53 Å². The van der Waals surface area contributed by atoms with Crippen molar-refractivity contribution in [2.24, 2.45) is 0 Å². The molecule has 0 aliphatic carbocycles. The van der Waals surface area contributed by atoms with Crippen molar-refractivity contribution in [2.75, 3.05) is 19.5 Å². The van der Waals surface area contributed by atoms with Crippen LogP contribution in [0.25, 0.3) is 0 Å². The highest BCUT2D eigenvalue weighted by atomic mass is 32.2. The highest BCUT2D eigenvalue weighted by Gasteiger charge is 2.23. The molecule has 0 bridgehead atoms. The van der Waals surface area contributed by atoms with Crippen LogP contribution < -0.4 is 5.32 Å². The van der Waals surface area contributed by atoms with Crippen molar-refractivity contribution in [3.05, 3.63) is 29.8 Å². The molecule has 1 aromatic carbocycles. The first-order valence-electron chi connectivity index (χ1n) is 6.25. The number of rotatable bonds is 7. The number of aliphatic hydroxyl groups excluding tert-OH is 1. The maximum Gasteiger partial charge on any atom is 0.217 e. The van der Waals surface area contributed by atoms with Gasteiger partial charge in [-0.2, -0.15) is 0 Å². The Kier molecular flexibility index (Phi) is 6.91. The van der Waals surface area contributed by atoms with Crippen LogP contribution in [0, 0.1) is 0 Å². The highest BCUT2D eigenvalue weighted by Crippen LogP contribution is 2.24. The van der Waals surface area contributed by atoms with Gasteiger partial charge in [0.15, 0.2) is 0 Å². The third-order valence-electron chi connectivity index (χ3n) is 2.74. The molecule has 0 fully saturated rings. The first-order chi connectivity index (χ1) is 9.12. The zero-order valence-corrected chi connectivity index (χ0v) is 12.4. The quantitative estimate of drug-likeness (QED) is 0.751. The molecular formula is C14H21NO3S. The molecule has 5 heteroatoms. The van der Waals surface area contributed by atoms with Crippen molar-refractivity contribution in [3.8, 4) is 0 Å². The first kappa shape index (κ1) is 16.0. The third kappa shape index (κ3) is 4.86. The fourth-order valence-electron chi connectivity index (χ4n) is 1.90. The monoisotopic (exact) mass is 283 g/mol. The van der Waals surface area contributed by atoms with E-state index in [-0.39, 0.29) is 18.6 Å². The number of aliphatic hydroxyl groups is 1. The van der Waals surface area contributed by atoms with Gasteiger partial charge in [0.25, 0.3) is 0 Å². The second kappa shape index (κ2) is 8.19. The topological polar surface area (TPSA) is 58.6 Å². The minimum absolute atomic E-state index is 0.158. The summed E-state index contributed by atoms with van der Waals surface area (Å²) in [5.74, 6) is -0.176. The van der Waals surface area contributed by atoms with Gasteiger partial charge in [0, 0.05) is 18.4 Å². The first-order valence-corrected chi connectivity index (χ1v) is 7.48. The van der Waals surface area contributed by atoms with Crippen LogP contribution in [0.4, 0.5) is 0 Å². The summed E-state index contributed by atoms with van der Waals surface area (Å²) in [7, 11) is 0. The Hall–Kier alpha value is -1.04. The summed E-state index contributed by atoms with van der Waals surface area (Å²) in [5.41, 5.74) is 0.951. The van der Waals surface area contributed by atoms with Crippen LogP contribution in [0.5, 0.6) is 0 Å². The van der Waals surface area contributed by atoms with E-state index in [2.05, 4.69) is 5.32 Å². The van der Waals surface area contributed by atoms with E-state index in [0.29, 0.717) is 6.61 Å². The van der Waals surface area contributed by atoms with Crippen molar-refractivity contribution < 1.29 is 14.6 Å². The second-order valence-corrected chi connectivity index (χ2v) is 5.02.